The topological polar surface area (TPSA) is 102 Å². The Bertz CT molecular complexity index is 1010. The van der Waals surface area contributed by atoms with Crippen molar-refractivity contribution in [3.63, 3.8) is 0 Å². The van der Waals surface area contributed by atoms with E-state index in [-0.39, 0.29) is 13.0 Å². The molecule has 1 fully saturated rings. The second kappa shape index (κ2) is 8.37. The van der Waals surface area contributed by atoms with E-state index in [4.69, 9.17) is 5.26 Å². The van der Waals surface area contributed by atoms with Gasteiger partial charge in [0.25, 0.3) is 5.91 Å². The van der Waals surface area contributed by atoms with Gasteiger partial charge in [0.1, 0.15) is 12.1 Å². The Hall–Kier alpha value is -3.66. The molecule has 1 unspecified atom stereocenters. The summed E-state index contributed by atoms with van der Waals surface area (Å²) in [6.45, 7) is 5.42. The van der Waals surface area contributed by atoms with Crippen LogP contribution in [-0.2, 0) is 21.5 Å². The highest BCUT2D eigenvalue weighted by Crippen LogP contribution is 2.30. The highest BCUT2D eigenvalue weighted by molar-refractivity contribution is 6.10. The lowest BCUT2D eigenvalue weighted by Crippen LogP contribution is -2.42. The van der Waals surface area contributed by atoms with Gasteiger partial charge in [-0.05, 0) is 41.7 Å². The Kier molecular flexibility index (Phi) is 5.88. The van der Waals surface area contributed by atoms with Crippen LogP contribution in [0.5, 0.6) is 0 Å². The molecular weight excluding hydrogens is 380 g/mol. The second-order valence-electron chi connectivity index (χ2n) is 7.80. The number of carbonyl (C=O) groups is 3. The molecule has 0 aromatic heterocycles. The first-order valence-corrected chi connectivity index (χ1v) is 9.75. The van der Waals surface area contributed by atoms with Crippen LogP contribution in [-0.4, -0.2) is 29.3 Å². The first-order valence-electron chi connectivity index (χ1n) is 9.75. The first kappa shape index (κ1) is 21.1. The van der Waals surface area contributed by atoms with Crippen molar-refractivity contribution in [3.8, 4) is 6.07 Å². The van der Waals surface area contributed by atoms with Gasteiger partial charge in [-0.1, -0.05) is 50.2 Å². The van der Waals surface area contributed by atoms with E-state index in [0.29, 0.717) is 17.2 Å². The molecule has 0 aliphatic carbocycles. The van der Waals surface area contributed by atoms with Crippen LogP contribution < -0.4 is 10.6 Å². The van der Waals surface area contributed by atoms with Gasteiger partial charge < -0.3 is 10.6 Å². The van der Waals surface area contributed by atoms with Crippen molar-refractivity contribution in [1.29, 1.82) is 5.26 Å². The van der Waals surface area contributed by atoms with Crippen molar-refractivity contribution in [3.05, 3.63) is 65.2 Å². The average molecular weight is 404 g/mol. The molecule has 154 valence electrons. The highest BCUT2D eigenvalue weighted by atomic mass is 16.2. The van der Waals surface area contributed by atoms with Crippen LogP contribution in [0, 0.1) is 11.3 Å². The van der Waals surface area contributed by atoms with Gasteiger partial charge in [0.15, 0.2) is 0 Å². The van der Waals surface area contributed by atoms with Gasteiger partial charge in [0.2, 0.25) is 5.91 Å². The molecule has 1 aliphatic heterocycles. The maximum absolute atomic E-state index is 13.0. The van der Waals surface area contributed by atoms with Crippen molar-refractivity contribution in [2.45, 2.75) is 38.6 Å². The molecule has 3 rings (SSSR count). The second-order valence-corrected chi connectivity index (χ2v) is 7.80. The molecule has 0 spiro atoms. The number of carbonyl (C=O) groups excluding carboxylic acids is 3. The Balaban J connectivity index is 1.69. The molecule has 7 nitrogen and oxygen atoms in total. The molecule has 0 bridgehead atoms. The van der Waals surface area contributed by atoms with Crippen molar-refractivity contribution >= 4 is 23.5 Å². The number of urea groups is 1. The molecule has 7 heteroatoms. The average Bonchev–Trinajstić information content (AvgIpc) is 2.93. The molecule has 2 aromatic carbocycles. The predicted octanol–water partition coefficient (Wildman–Crippen LogP) is 3.28. The first-order chi connectivity index (χ1) is 14.2. The van der Waals surface area contributed by atoms with Gasteiger partial charge in [-0.15, -0.1) is 0 Å². The molecule has 2 N–H and O–H groups in total. The number of imide groups is 1. The van der Waals surface area contributed by atoms with E-state index in [1.54, 1.807) is 31.2 Å². The number of hydrogen-bond donors (Lipinski definition) is 2. The summed E-state index contributed by atoms with van der Waals surface area (Å²) < 4.78 is 0. The smallest absolute Gasteiger partial charge is 0.325 e. The zero-order valence-electron chi connectivity index (χ0n) is 17.2. The number of amides is 4. The monoisotopic (exact) mass is 404 g/mol. The number of rotatable bonds is 6. The summed E-state index contributed by atoms with van der Waals surface area (Å²) in [4.78, 5) is 38.8. The van der Waals surface area contributed by atoms with E-state index >= 15 is 0 Å². The molecule has 1 heterocycles. The summed E-state index contributed by atoms with van der Waals surface area (Å²) in [7, 11) is 0. The van der Waals surface area contributed by atoms with Gasteiger partial charge in [-0.25, -0.2) is 4.79 Å². The minimum absolute atomic E-state index is 0.285. The zero-order valence-corrected chi connectivity index (χ0v) is 17.2. The van der Waals surface area contributed by atoms with Gasteiger partial charge in [-0.2, -0.15) is 5.26 Å². The van der Waals surface area contributed by atoms with Crippen LogP contribution in [0.3, 0.4) is 0 Å². The molecule has 1 atom stereocenters. The summed E-state index contributed by atoms with van der Waals surface area (Å²) in [6.07, 6.45) is 0.285. The molecule has 0 saturated carbocycles. The Morgan fingerprint density at radius 2 is 1.77 bits per heavy atom. The van der Waals surface area contributed by atoms with Gasteiger partial charge >= 0.3 is 6.03 Å². The van der Waals surface area contributed by atoms with E-state index in [2.05, 4.69) is 30.6 Å². The number of benzene rings is 2. The van der Waals surface area contributed by atoms with E-state index < -0.39 is 23.4 Å². The van der Waals surface area contributed by atoms with Crippen LogP contribution in [0.4, 0.5) is 10.5 Å². The SMILES string of the molecule is CC(C)c1ccc(C2(C)NC(=O)N(CC(=O)Nc3ccc(CC#N)cc3)C2=O)cc1. The molecule has 0 radical (unpaired) electrons. The van der Waals surface area contributed by atoms with E-state index in [1.165, 1.54) is 0 Å². The van der Waals surface area contributed by atoms with Crippen LogP contribution in [0.2, 0.25) is 0 Å². The molecule has 4 amide bonds. The Morgan fingerprint density at radius 1 is 1.13 bits per heavy atom. The number of anilines is 1. The minimum Gasteiger partial charge on any atom is -0.325 e. The molecule has 2 aromatic rings. The fourth-order valence-corrected chi connectivity index (χ4v) is 3.38. The normalized spacial score (nSPS) is 18.3. The summed E-state index contributed by atoms with van der Waals surface area (Å²) in [6, 6.07) is 15.8. The lowest BCUT2D eigenvalue weighted by molar-refractivity contribution is -0.133. The van der Waals surface area contributed by atoms with Crippen molar-refractivity contribution in [1.82, 2.24) is 10.2 Å². The number of hydrogen-bond acceptors (Lipinski definition) is 4. The van der Waals surface area contributed by atoms with Gasteiger partial charge in [-0.3, -0.25) is 14.5 Å². The third-order valence-corrected chi connectivity index (χ3v) is 5.25. The summed E-state index contributed by atoms with van der Waals surface area (Å²) in [5, 5.41) is 14.1. The number of nitrogens with one attached hydrogen (secondary N) is 2. The molecular formula is C23H24N4O3. The lowest BCUT2D eigenvalue weighted by atomic mass is 9.90. The van der Waals surface area contributed by atoms with Crippen molar-refractivity contribution < 1.29 is 14.4 Å². The van der Waals surface area contributed by atoms with Gasteiger partial charge in [0.05, 0.1) is 12.5 Å². The summed E-state index contributed by atoms with van der Waals surface area (Å²) in [5.41, 5.74) is 1.95. The lowest BCUT2D eigenvalue weighted by Gasteiger charge is -2.22. The van der Waals surface area contributed by atoms with E-state index in [9.17, 15) is 14.4 Å². The summed E-state index contributed by atoms with van der Waals surface area (Å²) in [5.74, 6) is -0.592. The minimum atomic E-state index is -1.22. The third-order valence-electron chi connectivity index (χ3n) is 5.25. The van der Waals surface area contributed by atoms with Crippen molar-refractivity contribution in [2.24, 2.45) is 0 Å². The predicted molar refractivity (Wildman–Crippen MR) is 113 cm³/mol. The third kappa shape index (κ3) is 4.18. The largest absolute Gasteiger partial charge is 0.325 e. The number of nitrogens with zero attached hydrogens (tertiary/aromatic N) is 2. The summed E-state index contributed by atoms with van der Waals surface area (Å²) >= 11 is 0. The van der Waals surface area contributed by atoms with Crippen LogP contribution >= 0.6 is 0 Å². The van der Waals surface area contributed by atoms with Crippen LogP contribution in [0.15, 0.2) is 48.5 Å². The van der Waals surface area contributed by atoms with Crippen molar-refractivity contribution in [2.75, 3.05) is 11.9 Å². The fraction of sp³-hybridized carbons (Fsp3) is 0.304. The number of nitriles is 1. The Labute approximate surface area is 175 Å². The Morgan fingerprint density at radius 3 is 2.33 bits per heavy atom. The molecule has 1 aliphatic rings. The van der Waals surface area contributed by atoms with E-state index in [0.717, 1.165) is 16.0 Å². The maximum atomic E-state index is 13.0. The molecule has 30 heavy (non-hydrogen) atoms. The van der Waals surface area contributed by atoms with E-state index in [1.807, 2.05) is 24.3 Å². The highest BCUT2D eigenvalue weighted by Gasteiger charge is 2.49. The standard InChI is InChI=1S/C23H24N4O3/c1-15(2)17-6-8-18(9-7-17)23(3)21(29)27(22(30)26-23)14-20(28)25-19-10-4-16(5-11-19)12-13-24/h4-11,15H,12,14H2,1-3H3,(H,25,28)(H,26,30). The van der Waals surface area contributed by atoms with Crippen LogP contribution in [0.1, 0.15) is 43.4 Å². The quantitative estimate of drug-likeness (QED) is 0.721. The molecule has 1 saturated heterocycles. The fourth-order valence-electron chi connectivity index (χ4n) is 3.38. The van der Waals surface area contributed by atoms with Crippen LogP contribution in [0.25, 0.3) is 0 Å². The maximum Gasteiger partial charge on any atom is 0.325 e. The van der Waals surface area contributed by atoms with Gasteiger partial charge in [0, 0.05) is 5.69 Å². The zero-order chi connectivity index (χ0) is 21.9.